The van der Waals surface area contributed by atoms with Gasteiger partial charge in [-0.2, -0.15) is 0 Å². The maximum atomic E-state index is 13.3. The molecule has 188 valence electrons. The molecule has 2 aliphatic rings. The molecule has 2 heterocycles. The van der Waals surface area contributed by atoms with Crippen LogP contribution in [-0.4, -0.2) is 76.3 Å². The van der Waals surface area contributed by atoms with E-state index in [0.717, 1.165) is 64.5 Å². The number of hydrogen-bond donors (Lipinski definition) is 2. The molecule has 2 aliphatic heterocycles. The number of ether oxygens (including phenoxy) is 2. The van der Waals surface area contributed by atoms with Gasteiger partial charge in [0.15, 0.2) is 0 Å². The molecule has 0 unspecified atom stereocenters. The number of benzene rings is 2. The number of anilines is 2. The lowest BCUT2D eigenvalue weighted by Crippen LogP contribution is -2.41. The van der Waals surface area contributed by atoms with Gasteiger partial charge < -0.3 is 25.0 Å². The van der Waals surface area contributed by atoms with Crippen LogP contribution >= 0.6 is 0 Å². The van der Waals surface area contributed by atoms with E-state index >= 15 is 0 Å². The molecule has 0 atom stereocenters. The lowest BCUT2D eigenvalue weighted by molar-refractivity contribution is 0.0383. The number of carbonyl (C=O) groups is 2. The third-order valence-electron chi connectivity index (χ3n) is 6.79. The molecule has 0 aliphatic carbocycles. The number of rotatable bonds is 8. The van der Waals surface area contributed by atoms with Crippen molar-refractivity contribution in [1.82, 2.24) is 10.2 Å². The molecule has 0 bridgehead atoms. The van der Waals surface area contributed by atoms with E-state index < -0.39 is 0 Å². The summed E-state index contributed by atoms with van der Waals surface area (Å²) in [4.78, 5) is 30.6. The van der Waals surface area contributed by atoms with E-state index in [9.17, 15) is 9.59 Å². The number of carbonyl (C=O) groups excluding carboxylic acids is 2. The van der Waals surface area contributed by atoms with Crippen molar-refractivity contribution in [2.24, 2.45) is 5.92 Å². The van der Waals surface area contributed by atoms with Gasteiger partial charge in [-0.15, -0.1) is 0 Å². The summed E-state index contributed by atoms with van der Waals surface area (Å²) >= 11 is 0. The van der Waals surface area contributed by atoms with Gasteiger partial charge in [0.2, 0.25) is 0 Å². The standard InChI is InChI=1S/C27H36N4O4/c1-20-9-12-31(13-10-20)25-8-5-22(29-26(32)21-3-6-23(34-2)7-4-21)19-24(25)27(33)28-11-14-30-15-17-35-18-16-30/h3-8,19-20H,9-18H2,1-2H3,(H,28,33)(H,29,32). The quantitative estimate of drug-likeness (QED) is 0.604. The molecule has 0 aromatic heterocycles. The van der Waals surface area contributed by atoms with Crippen LogP contribution in [0.15, 0.2) is 42.5 Å². The summed E-state index contributed by atoms with van der Waals surface area (Å²) < 4.78 is 10.6. The van der Waals surface area contributed by atoms with Crippen LogP contribution in [0.25, 0.3) is 0 Å². The highest BCUT2D eigenvalue weighted by atomic mass is 16.5. The first-order chi connectivity index (χ1) is 17.0. The molecule has 2 aromatic rings. The fourth-order valence-electron chi connectivity index (χ4n) is 4.51. The first-order valence-corrected chi connectivity index (χ1v) is 12.5. The maximum Gasteiger partial charge on any atom is 0.255 e. The van der Waals surface area contributed by atoms with Gasteiger partial charge in [-0.05, 0) is 61.2 Å². The van der Waals surface area contributed by atoms with Crippen LogP contribution in [-0.2, 0) is 4.74 Å². The Morgan fingerprint density at radius 2 is 1.71 bits per heavy atom. The molecule has 2 amide bonds. The van der Waals surface area contributed by atoms with Gasteiger partial charge >= 0.3 is 0 Å². The number of hydrogen-bond acceptors (Lipinski definition) is 6. The first-order valence-electron chi connectivity index (χ1n) is 12.5. The lowest BCUT2D eigenvalue weighted by atomic mass is 9.97. The Bertz CT molecular complexity index is 997. The minimum atomic E-state index is -0.231. The van der Waals surface area contributed by atoms with Crippen molar-refractivity contribution in [2.75, 3.05) is 69.8 Å². The Hall–Kier alpha value is -3.10. The molecule has 2 fully saturated rings. The number of piperidine rings is 1. The van der Waals surface area contributed by atoms with E-state index in [4.69, 9.17) is 9.47 Å². The van der Waals surface area contributed by atoms with Crippen molar-refractivity contribution in [3.05, 3.63) is 53.6 Å². The molecule has 0 spiro atoms. The van der Waals surface area contributed by atoms with Crippen molar-refractivity contribution in [1.29, 1.82) is 0 Å². The Morgan fingerprint density at radius 3 is 2.40 bits per heavy atom. The van der Waals surface area contributed by atoms with Crippen molar-refractivity contribution in [3.63, 3.8) is 0 Å². The molecule has 2 aromatic carbocycles. The van der Waals surface area contributed by atoms with Crippen LogP contribution in [0, 0.1) is 5.92 Å². The summed E-state index contributed by atoms with van der Waals surface area (Å²) in [6, 6.07) is 12.6. The minimum absolute atomic E-state index is 0.118. The predicted octanol–water partition coefficient (Wildman–Crippen LogP) is 3.25. The second-order valence-electron chi connectivity index (χ2n) is 9.29. The molecule has 2 saturated heterocycles. The van der Waals surface area contributed by atoms with Crippen LogP contribution in [0.5, 0.6) is 5.75 Å². The van der Waals surface area contributed by atoms with Crippen LogP contribution < -0.4 is 20.3 Å². The van der Waals surface area contributed by atoms with Crippen molar-refractivity contribution >= 4 is 23.2 Å². The van der Waals surface area contributed by atoms with Gasteiger partial charge in [-0.25, -0.2) is 0 Å². The van der Waals surface area contributed by atoms with E-state index in [1.165, 1.54) is 0 Å². The number of amides is 2. The second-order valence-corrected chi connectivity index (χ2v) is 9.29. The van der Waals surface area contributed by atoms with E-state index in [0.29, 0.717) is 35.0 Å². The Balaban J connectivity index is 1.48. The molecule has 2 N–H and O–H groups in total. The Kier molecular flexibility index (Phi) is 8.60. The molecule has 8 nitrogen and oxygen atoms in total. The predicted molar refractivity (Wildman–Crippen MR) is 138 cm³/mol. The van der Waals surface area contributed by atoms with Crippen molar-refractivity contribution < 1.29 is 19.1 Å². The van der Waals surface area contributed by atoms with E-state index in [-0.39, 0.29) is 11.8 Å². The van der Waals surface area contributed by atoms with E-state index in [1.54, 1.807) is 37.4 Å². The maximum absolute atomic E-state index is 13.3. The smallest absolute Gasteiger partial charge is 0.255 e. The number of nitrogens with one attached hydrogen (secondary N) is 2. The number of nitrogens with zero attached hydrogens (tertiary/aromatic N) is 2. The SMILES string of the molecule is COc1ccc(C(=O)Nc2ccc(N3CCC(C)CC3)c(C(=O)NCCN3CCOCC3)c2)cc1. The third-order valence-corrected chi connectivity index (χ3v) is 6.79. The zero-order chi connectivity index (χ0) is 24.6. The van der Waals surface area contributed by atoms with Gasteiger partial charge in [0, 0.05) is 56.2 Å². The lowest BCUT2D eigenvalue weighted by Gasteiger charge is -2.33. The Morgan fingerprint density at radius 1 is 1.00 bits per heavy atom. The summed E-state index contributed by atoms with van der Waals surface area (Å²) in [5.74, 6) is 1.04. The van der Waals surface area contributed by atoms with E-state index in [2.05, 4.69) is 27.4 Å². The first kappa shape index (κ1) is 25.0. The Labute approximate surface area is 207 Å². The molecule has 0 radical (unpaired) electrons. The fraction of sp³-hybridized carbons (Fsp3) is 0.481. The minimum Gasteiger partial charge on any atom is -0.497 e. The highest BCUT2D eigenvalue weighted by Gasteiger charge is 2.22. The van der Waals surface area contributed by atoms with Gasteiger partial charge in [-0.3, -0.25) is 14.5 Å². The second kappa shape index (κ2) is 12.0. The van der Waals surface area contributed by atoms with Crippen LogP contribution in [0.4, 0.5) is 11.4 Å². The zero-order valence-corrected chi connectivity index (χ0v) is 20.7. The highest BCUT2D eigenvalue weighted by molar-refractivity contribution is 6.06. The fourth-order valence-corrected chi connectivity index (χ4v) is 4.51. The van der Waals surface area contributed by atoms with Crippen molar-refractivity contribution in [2.45, 2.75) is 19.8 Å². The van der Waals surface area contributed by atoms with Crippen LogP contribution in [0.3, 0.4) is 0 Å². The third kappa shape index (κ3) is 6.74. The van der Waals surface area contributed by atoms with Crippen molar-refractivity contribution in [3.8, 4) is 5.75 Å². The summed E-state index contributed by atoms with van der Waals surface area (Å²) in [5, 5.41) is 6.02. The zero-order valence-electron chi connectivity index (χ0n) is 20.7. The number of methoxy groups -OCH3 is 1. The van der Waals surface area contributed by atoms with Crippen LogP contribution in [0.2, 0.25) is 0 Å². The summed E-state index contributed by atoms with van der Waals surface area (Å²) in [6.45, 7) is 8.73. The monoisotopic (exact) mass is 480 g/mol. The average Bonchev–Trinajstić information content (AvgIpc) is 2.90. The molecule has 4 rings (SSSR count). The largest absolute Gasteiger partial charge is 0.497 e. The summed E-state index contributed by atoms with van der Waals surface area (Å²) in [5.41, 5.74) is 2.63. The molecular weight excluding hydrogens is 444 g/mol. The average molecular weight is 481 g/mol. The van der Waals surface area contributed by atoms with E-state index in [1.807, 2.05) is 12.1 Å². The van der Waals surface area contributed by atoms with Gasteiger partial charge in [0.25, 0.3) is 11.8 Å². The molecular formula is C27H36N4O4. The van der Waals surface area contributed by atoms with Gasteiger partial charge in [0.05, 0.1) is 25.9 Å². The topological polar surface area (TPSA) is 83.1 Å². The molecule has 0 saturated carbocycles. The van der Waals surface area contributed by atoms with Crippen LogP contribution in [0.1, 0.15) is 40.5 Å². The molecule has 35 heavy (non-hydrogen) atoms. The summed E-state index contributed by atoms with van der Waals surface area (Å²) in [7, 11) is 1.59. The van der Waals surface area contributed by atoms with Gasteiger partial charge in [-0.1, -0.05) is 6.92 Å². The highest BCUT2D eigenvalue weighted by Crippen LogP contribution is 2.29. The number of morpholine rings is 1. The summed E-state index contributed by atoms with van der Waals surface area (Å²) in [6.07, 6.45) is 2.21. The normalized spacial score (nSPS) is 17.1. The molecule has 8 heteroatoms. The van der Waals surface area contributed by atoms with Gasteiger partial charge in [0.1, 0.15) is 5.75 Å².